The van der Waals surface area contributed by atoms with Crippen molar-refractivity contribution in [1.29, 1.82) is 0 Å². The predicted molar refractivity (Wildman–Crippen MR) is 84.8 cm³/mol. The number of nitrogens with zero attached hydrogens (tertiary/aromatic N) is 1. The zero-order valence-electron chi connectivity index (χ0n) is 12.0. The van der Waals surface area contributed by atoms with Crippen molar-refractivity contribution in [2.24, 2.45) is 0 Å². The number of hydrogen-bond donors (Lipinski definition) is 0. The van der Waals surface area contributed by atoms with Crippen LogP contribution in [0.2, 0.25) is 0 Å². The number of nitro benzene ring substituents is 1. The molecule has 6 nitrogen and oxygen atoms in total. The van der Waals surface area contributed by atoms with E-state index in [0.29, 0.717) is 6.07 Å². The third kappa shape index (κ3) is 3.04. The van der Waals surface area contributed by atoms with Crippen LogP contribution in [-0.2, 0) is 10.1 Å². The molecule has 3 rings (SSSR count). The molecule has 0 aliphatic rings. The first-order valence-corrected chi connectivity index (χ1v) is 8.15. The lowest BCUT2D eigenvalue weighted by Crippen LogP contribution is -2.10. The van der Waals surface area contributed by atoms with Gasteiger partial charge in [-0.2, -0.15) is 12.8 Å². The zero-order chi connectivity index (χ0) is 17.3. The molecule has 0 saturated carbocycles. The van der Waals surface area contributed by atoms with Gasteiger partial charge in [0.05, 0.1) is 4.92 Å². The topological polar surface area (TPSA) is 86.5 Å². The Morgan fingerprint density at radius 3 is 2.38 bits per heavy atom. The van der Waals surface area contributed by atoms with Crippen LogP contribution in [0.15, 0.2) is 65.6 Å². The molecular formula is C16H10FNO5S. The highest BCUT2D eigenvalue weighted by molar-refractivity contribution is 7.87. The second-order valence-corrected chi connectivity index (χ2v) is 6.46. The van der Waals surface area contributed by atoms with E-state index >= 15 is 0 Å². The molecule has 3 aromatic rings. The van der Waals surface area contributed by atoms with Crippen molar-refractivity contribution in [2.75, 3.05) is 0 Å². The maximum absolute atomic E-state index is 13.3. The first-order chi connectivity index (χ1) is 11.4. The standard InChI is InChI=1S/C16H10FNO5S/c17-15-8-7-14(10-16(15)18(19)20)24(21,22)23-13-6-5-11-3-1-2-4-12(11)9-13/h1-10H. The summed E-state index contributed by atoms with van der Waals surface area (Å²) in [5, 5.41) is 12.4. The molecule has 0 saturated heterocycles. The van der Waals surface area contributed by atoms with Gasteiger partial charge in [-0.1, -0.05) is 30.3 Å². The van der Waals surface area contributed by atoms with Gasteiger partial charge >= 0.3 is 15.8 Å². The zero-order valence-corrected chi connectivity index (χ0v) is 12.9. The average molecular weight is 347 g/mol. The summed E-state index contributed by atoms with van der Waals surface area (Å²) in [6.07, 6.45) is 0. The molecule has 0 N–H and O–H groups in total. The SMILES string of the molecule is O=[N+]([O-])c1cc(S(=O)(=O)Oc2ccc3ccccc3c2)ccc1F. The third-order valence-electron chi connectivity index (χ3n) is 3.33. The average Bonchev–Trinajstić information content (AvgIpc) is 2.54. The van der Waals surface area contributed by atoms with Crippen molar-refractivity contribution in [2.45, 2.75) is 4.90 Å². The van der Waals surface area contributed by atoms with E-state index in [-0.39, 0.29) is 5.75 Å². The summed E-state index contributed by atoms with van der Waals surface area (Å²) in [5.74, 6) is -1.06. The van der Waals surface area contributed by atoms with Gasteiger partial charge in [-0.05, 0) is 35.0 Å². The van der Waals surface area contributed by atoms with Crippen molar-refractivity contribution in [1.82, 2.24) is 0 Å². The van der Waals surface area contributed by atoms with E-state index in [1.807, 2.05) is 12.1 Å². The van der Waals surface area contributed by atoms with Crippen molar-refractivity contribution < 1.29 is 21.9 Å². The summed E-state index contributed by atoms with van der Waals surface area (Å²) in [5.41, 5.74) is -0.932. The van der Waals surface area contributed by atoms with Gasteiger partial charge in [0, 0.05) is 6.07 Å². The Hall–Kier alpha value is -3.00. The van der Waals surface area contributed by atoms with Gasteiger partial charge in [-0.25, -0.2) is 0 Å². The summed E-state index contributed by atoms with van der Waals surface area (Å²) in [7, 11) is -4.33. The second-order valence-electron chi connectivity index (χ2n) is 4.92. The summed E-state index contributed by atoms with van der Waals surface area (Å²) < 4.78 is 42.8. The Morgan fingerprint density at radius 1 is 0.958 bits per heavy atom. The molecule has 0 heterocycles. The van der Waals surface area contributed by atoms with E-state index in [9.17, 15) is 22.9 Å². The molecule has 122 valence electrons. The summed E-state index contributed by atoms with van der Waals surface area (Å²) in [6.45, 7) is 0. The van der Waals surface area contributed by atoms with Crippen LogP contribution in [0.4, 0.5) is 10.1 Å². The van der Waals surface area contributed by atoms with Gasteiger partial charge in [-0.15, -0.1) is 0 Å². The predicted octanol–water partition coefficient (Wildman–Crippen LogP) is 3.65. The van der Waals surface area contributed by atoms with Gasteiger partial charge in [0.1, 0.15) is 10.6 Å². The molecule has 0 bridgehead atoms. The van der Waals surface area contributed by atoms with Crippen LogP contribution in [0, 0.1) is 15.9 Å². The molecule has 0 amide bonds. The fourth-order valence-corrected chi connectivity index (χ4v) is 3.13. The van der Waals surface area contributed by atoms with Crippen LogP contribution >= 0.6 is 0 Å². The molecule has 0 aromatic heterocycles. The highest BCUT2D eigenvalue weighted by Crippen LogP contribution is 2.26. The van der Waals surface area contributed by atoms with E-state index in [1.54, 1.807) is 18.2 Å². The van der Waals surface area contributed by atoms with Crippen LogP contribution < -0.4 is 4.18 Å². The Labute approximate surface area is 136 Å². The Balaban J connectivity index is 1.98. The Bertz CT molecular complexity index is 1050. The molecule has 0 aliphatic heterocycles. The highest BCUT2D eigenvalue weighted by Gasteiger charge is 2.23. The van der Waals surface area contributed by atoms with E-state index in [0.717, 1.165) is 22.9 Å². The molecular weight excluding hydrogens is 337 g/mol. The number of rotatable bonds is 4. The van der Waals surface area contributed by atoms with E-state index in [4.69, 9.17) is 4.18 Å². The minimum atomic E-state index is -4.33. The van der Waals surface area contributed by atoms with E-state index in [1.165, 1.54) is 12.1 Å². The fourth-order valence-electron chi connectivity index (χ4n) is 2.18. The molecule has 0 aliphatic carbocycles. The maximum atomic E-state index is 13.3. The lowest BCUT2D eigenvalue weighted by molar-refractivity contribution is -0.387. The largest absolute Gasteiger partial charge is 0.379 e. The number of benzene rings is 3. The van der Waals surface area contributed by atoms with E-state index < -0.39 is 31.4 Å². The van der Waals surface area contributed by atoms with E-state index in [2.05, 4.69) is 0 Å². The normalized spacial score (nSPS) is 11.4. The fraction of sp³-hybridized carbons (Fsp3) is 0. The lowest BCUT2D eigenvalue weighted by atomic mass is 10.1. The molecule has 0 radical (unpaired) electrons. The van der Waals surface area contributed by atoms with Crippen LogP contribution in [0.5, 0.6) is 5.75 Å². The molecule has 0 unspecified atom stereocenters. The highest BCUT2D eigenvalue weighted by atomic mass is 32.2. The maximum Gasteiger partial charge on any atom is 0.339 e. The molecule has 24 heavy (non-hydrogen) atoms. The van der Waals surface area contributed by atoms with Crippen molar-refractivity contribution in [3.05, 3.63) is 76.6 Å². The van der Waals surface area contributed by atoms with Gasteiger partial charge in [-0.3, -0.25) is 10.1 Å². The lowest BCUT2D eigenvalue weighted by Gasteiger charge is -2.08. The monoisotopic (exact) mass is 347 g/mol. The molecule has 0 spiro atoms. The minimum absolute atomic E-state index is 0.0562. The minimum Gasteiger partial charge on any atom is -0.379 e. The smallest absolute Gasteiger partial charge is 0.339 e. The molecule has 3 aromatic carbocycles. The first-order valence-electron chi connectivity index (χ1n) is 6.74. The van der Waals surface area contributed by atoms with Crippen LogP contribution in [0.3, 0.4) is 0 Å². The third-order valence-corrected chi connectivity index (χ3v) is 4.57. The first kappa shape index (κ1) is 15.9. The number of hydrogen-bond acceptors (Lipinski definition) is 5. The summed E-state index contributed by atoms with van der Waals surface area (Å²) in [4.78, 5) is 9.24. The van der Waals surface area contributed by atoms with Crippen LogP contribution in [0.25, 0.3) is 10.8 Å². The van der Waals surface area contributed by atoms with Gasteiger partial charge in [0.25, 0.3) is 0 Å². The van der Waals surface area contributed by atoms with Crippen molar-refractivity contribution in [3.63, 3.8) is 0 Å². The van der Waals surface area contributed by atoms with Crippen molar-refractivity contribution in [3.8, 4) is 5.75 Å². The summed E-state index contributed by atoms with van der Waals surface area (Å²) in [6, 6.07) is 14.2. The van der Waals surface area contributed by atoms with Gasteiger partial charge in [0.15, 0.2) is 0 Å². The van der Waals surface area contributed by atoms with Crippen LogP contribution in [0.1, 0.15) is 0 Å². The molecule has 0 atom stereocenters. The second kappa shape index (κ2) is 5.89. The Kier molecular flexibility index (Phi) is 3.90. The Morgan fingerprint density at radius 2 is 1.67 bits per heavy atom. The van der Waals surface area contributed by atoms with Crippen molar-refractivity contribution >= 4 is 26.6 Å². The van der Waals surface area contributed by atoms with Gasteiger partial charge < -0.3 is 4.18 Å². The number of halogens is 1. The number of nitro groups is 1. The van der Waals surface area contributed by atoms with Gasteiger partial charge in [0.2, 0.25) is 5.82 Å². The van der Waals surface area contributed by atoms with Crippen LogP contribution in [-0.4, -0.2) is 13.3 Å². The summed E-state index contributed by atoms with van der Waals surface area (Å²) >= 11 is 0. The quantitative estimate of drug-likeness (QED) is 0.408. The number of fused-ring (bicyclic) bond motifs is 1. The molecule has 8 heteroatoms. The molecule has 0 fully saturated rings.